The van der Waals surface area contributed by atoms with Crippen LogP contribution in [0.4, 0.5) is 0 Å². The Balaban J connectivity index is 1.86. The van der Waals surface area contributed by atoms with Crippen molar-refractivity contribution in [3.8, 4) is 0 Å². The maximum atomic E-state index is 14.0. The quantitative estimate of drug-likeness (QED) is 0.0690. The van der Waals surface area contributed by atoms with Gasteiger partial charge < -0.3 is 43.2 Å². The highest BCUT2D eigenvalue weighted by Gasteiger charge is 2.34. The highest BCUT2D eigenvalue weighted by atomic mass is 16.4. The van der Waals surface area contributed by atoms with Crippen molar-refractivity contribution in [1.82, 2.24) is 26.6 Å². The number of carboxylic acid groups (broad SMARTS) is 1. The smallest absolute Gasteiger partial charge is 0.325 e. The molecule has 0 spiro atoms. The highest BCUT2D eigenvalue weighted by molar-refractivity contribution is 5.96. The van der Waals surface area contributed by atoms with E-state index in [1.165, 1.54) is 6.92 Å². The molecule has 55 heavy (non-hydrogen) atoms. The Hall–Kier alpha value is -5.60. The molecule has 10 N–H and O–H groups in total. The Labute approximate surface area is 322 Å². The number of hydrogen-bond donors (Lipinski definition) is 8. The summed E-state index contributed by atoms with van der Waals surface area (Å²) in [6.07, 6.45) is 1.95. The second kappa shape index (κ2) is 22.6. The van der Waals surface area contributed by atoms with Gasteiger partial charge >= 0.3 is 5.97 Å². The molecule has 0 fully saturated rings. The average Bonchev–Trinajstić information content (AvgIpc) is 3.16. The molecule has 3 rings (SSSR count). The standard InChI is InChI=1S/C41H55N7O7/c1-26(2)35(48-39(52)34(25-30-19-11-6-12-20-30)45-36(49)31(43)21-13-14-22-42)40(53)47-33(24-29-17-9-5-10-18-29)38(51)46-32(23-28-15-7-4-8-16-28)37(50)44-27(3)41(54)55/h4-12,15-20,26-27,31-35H,13-14,21-25,42-43H2,1-3H3,(H,44,50)(H,45,49)(H,46,51)(H,47,53)(H,48,52)(H,54,55). The molecular weight excluding hydrogens is 702 g/mol. The fraction of sp³-hybridized carbons (Fsp3) is 0.415. The Morgan fingerprint density at radius 1 is 0.545 bits per heavy atom. The number of aliphatic carboxylic acids is 1. The van der Waals surface area contributed by atoms with Crippen molar-refractivity contribution in [2.45, 2.75) is 95.5 Å². The lowest BCUT2D eigenvalue weighted by molar-refractivity contribution is -0.141. The molecule has 296 valence electrons. The van der Waals surface area contributed by atoms with E-state index in [1.54, 1.807) is 68.4 Å². The van der Waals surface area contributed by atoms with Crippen LogP contribution >= 0.6 is 0 Å². The van der Waals surface area contributed by atoms with Gasteiger partial charge in [0.25, 0.3) is 0 Å². The van der Waals surface area contributed by atoms with Crippen LogP contribution in [0.1, 0.15) is 56.7 Å². The number of amides is 5. The number of benzene rings is 3. The number of nitrogens with one attached hydrogen (secondary N) is 5. The number of unbranched alkanes of at least 4 members (excludes halogenated alkanes) is 1. The van der Waals surface area contributed by atoms with Crippen LogP contribution in [-0.2, 0) is 48.0 Å². The van der Waals surface area contributed by atoms with Crippen molar-refractivity contribution in [3.05, 3.63) is 108 Å². The first-order valence-electron chi connectivity index (χ1n) is 18.6. The van der Waals surface area contributed by atoms with Gasteiger partial charge in [0.05, 0.1) is 6.04 Å². The monoisotopic (exact) mass is 757 g/mol. The van der Waals surface area contributed by atoms with Crippen LogP contribution in [0.3, 0.4) is 0 Å². The van der Waals surface area contributed by atoms with Gasteiger partial charge in [0.1, 0.15) is 30.2 Å². The van der Waals surface area contributed by atoms with Crippen LogP contribution < -0.4 is 38.1 Å². The third-order valence-corrected chi connectivity index (χ3v) is 9.03. The number of rotatable bonds is 22. The first-order valence-corrected chi connectivity index (χ1v) is 18.6. The van der Waals surface area contributed by atoms with Gasteiger partial charge in [0.2, 0.25) is 29.5 Å². The molecule has 5 amide bonds. The van der Waals surface area contributed by atoms with E-state index in [-0.39, 0.29) is 19.3 Å². The number of carboxylic acids is 1. The van der Waals surface area contributed by atoms with Gasteiger partial charge in [-0.1, -0.05) is 111 Å². The zero-order chi connectivity index (χ0) is 40.3. The van der Waals surface area contributed by atoms with Crippen molar-refractivity contribution >= 4 is 35.5 Å². The Morgan fingerprint density at radius 2 is 0.927 bits per heavy atom. The molecule has 0 radical (unpaired) electrons. The summed E-state index contributed by atoms with van der Waals surface area (Å²) in [5.41, 5.74) is 13.9. The zero-order valence-electron chi connectivity index (χ0n) is 31.7. The maximum Gasteiger partial charge on any atom is 0.325 e. The van der Waals surface area contributed by atoms with Crippen LogP contribution in [0.15, 0.2) is 91.0 Å². The molecule has 0 aliphatic carbocycles. The van der Waals surface area contributed by atoms with Gasteiger partial charge in [-0.3, -0.25) is 28.8 Å². The first-order chi connectivity index (χ1) is 26.3. The largest absolute Gasteiger partial charge is 0.480 e. The van der Waals surface area contributed by atoms with Crippen LogP contribution in [0.5, 0.6) is 0 Å². The van der Waals surface area contributed by atoms with Gasteiger partial charge in [-0.15, -0.1) is 0 Å². The maximum absolute atomic E-state index is 14.0. The van der Waals surface area contributed by atoms with Gasteiger partial charge in [-0.2, -0.15) is 0 Å². The van der Waals surface area contributed by atoms with Gasteiger partial charge in [0.15, 0.2) is 0 Å². The molecule has 14 heteroatoms. The van der Waals surface area contributed by atoms with Crippen molar-refractivity contribution in [2.24, 2.45) is 17.4 Å². The van der Waals surface area contributed by atoms with Crippen LogP contribution in [0, 0.1) is 5.92 Å². The molecule has 14 nitrogen and oxygen atoms in total. The minimum absolute atomic E-state index is 0.0388. The molecule has 0 aliphatic rings. The van der Waals surface area contributed by atoms with Crippen LogP contribution in [-0.4, -0.2) is 83.4 Å². The summed E-state index contributed by atoms with van der Waals surface area (Å²) in [4.78, 5) is 79.9. The Morgan fingerprint density at radius 3 is 1.33 bits per heavy atom. The van der Waals surface area contributed by atoms with E-state index >= 15 is 0 Å². The topological polar surface area (TPSA) is 235 Å². The number of hydrogen-bond acceptors (Lipinski definition) is 8. The van der Waals surface area contributed by atoms with E-state index in [2.05, 4.69) is 26.6 Å². The molecule has 6 unspecified atom stereocenters. The molecular formula is C41H55N7O7. The lowest BCUT2D eigenvalue weighted by Crippen LogP contribution is -2.61. The number of carbonyl (C=O) groups excluding carboxylic acids is 5. The molecule has 0 saturated heterocycles. The zero-order valence-corrected chi connectivity index (χ0v) is 31.7. The predicted molar refractivity (Wildman–Crippen MR) is 209 cm³/mol. The van der Waals surface area contributed by atoms with Crippen molar-refractivity contribution in [2.75, 3.05) is 6.54 Å². The molecule has 0 aromatic heterocycles. The number of carbonyl (C=O) groups is 6. The lowest BCUT2D eigenvalue weighted by atomic mass is 9.99. The van der Waals surface area contributed by atoms with Crippen molar-refractivity contribution < 1.29 is 33.9 Å². The Kier molecular flexibility index (Phi) is 18.0. The average molecular weight is 758 g/mol. The van der Waals surface area contributed by atoms with Crippen molar-refractivity contribution in [1.29, 1.82) is 0 Å². The van der Waals surface area contributed by atoms with Crippen LogP contribution in [0.2, 0.25) is 0 Å². The predicted octanol–water partition coefficient (Wildman–Crippen LogP) is 1.36. The molecule has 0 heterocycles. The summed E-state index contributed by atoms with van der Waals surface area (Å²) < 4.78 is 0. The minimum atomic E-state index is -1.25. The van der Waals surface area contributed by atoms with Gasteiger partial charge in [-0.25, -0.2) is 0 Å². The Bertz CT molecular complexity index is 1690. The molecule has 0 aliphatic heterocycles. The summed E-state index contributed by atoms with van der Waals surface area (Å²) in [5, 5.41) is 22.9. The van der Waals surface area contributed by atoms with E-state index in [9.17, 15) is 33.9 Å². The van der Waals surface area contributed by atoms with E-state index in [4.69, 9.17) is 11.5 Å². The van der Waals surface area contributed by atoms with E-state index in [0.29, 0.717) is 36.9 Å². The SMILES string of the molecule is CC(NC(=O)C(Cc1ccccc1)NC(=O)C(Cc1ccccc1)NC(=O)C(NC(=O)C(Cc1ccccc1)NC(=O)C(N)CCCCN)C(C)C)C(=O)O. The van der Waals surface area contributed by atoms with Crippen LogP contribution in [0.25, 0.3) is 0 Å². The molecule has 3 aromatic rings. The molecule has 3 aromatic carbocycles. The molecule has 6 atom stereocenters. The summed E-state index contributed by atoms with van der Waals surface area (Å²) in [5.74, 6) is -4.89. The van der Waals surface area contributed by atoms with E-state index in [0.717, 1.165) is 5.56 Å². The summed E-state index contributed by atoms with van der Waals surface area (Å²) >= 11 is 0. The van der Waals surface area contributed by atoms with Crippen molar-refractivity contribution in [3.63, 3.8) is 0 Å². The van der Waals surface area contributed by atoms with Gasteiger partial charge in [-0.05, 0) is 48.9 Å². The number of nitrogens with two attached hydrogens (primary N) is 2. The third kappa shape index (κ3) is 15.0. The fourth-order valence-electron chi connectivity index (χ4n) is 5.79. The van der Waals surface area contributed by atoms with Gasteiger partial charge in [0, 0.05) is 19.3 Å². The molecule has 0 bridgehead atoms. The highest BCUT2D eigenvalue weighted by Crippen LogP contribution is 2.11. The molecule has 0 saturated carbocycles. The summed E-state index contributed by atoms with van der Waals surface area (Å²) in [7, 11) is 0. The summed E-state index contributed by atoms with van der Waals surface area (Å²) in [6, 6.07) is 20.3. The second-order valence-electron chi connectivity index (χ2n) is 13.9. The summed E-state index contributed by atoms with van der Waals surface area (Å²) in [6.45, 7) is 5.25. The second-order valence-corrected chi connectivity index (χ2v) is 13.9. The fourth-order valence-corrected chi connectivity index (χ4v) is 5.79. The third-order valence-electron chi connectivity index (χ3n) is 9.03. The van der Waals surface area contributed by atoms with E-state index in [1.807, 2.05) is 36.4 Å². The minimum Gasteiger partial charge on any atom is -0.480 e. The lowest BCUT2D eigenvalue weighted by Gasteiger charge is -2.28. The normalized spacial score (nSPS) is 14.3. The first kappa shape index (κ1) is 43.8. The van der Waals surface area contributed by atoms with E-state index < -0.39 is 77.7 Å².